The van der Waals surface area contributed by atoms with Gasteiger partial charge in [0.1, 0.15) is 12.4 Å². The van der Waals surface area contributed by atoms with E-state index in [0.29, 0.717) is 28.0 Å². The quantitative estimate of drug-likeness (QED) is 0.442. The Morgan fingerprint density at radius 3 is 2.36 bits per heavy atom. The molecule has 0 aromatic heterocycles. The Morgan fingerprint density at radius 2 is 1.70 bits per heavy atom. The van der Waals surface area contributed by atoms with E-state index in [1.807, 2.05) is 31.2 Å². The SMILES string of the molecule is Cc1ccc(N2C[C@H](C(=O)NNc3ccc(OCc4c(Cl)cccc4Cl)cc3)CC2=O)cc1. The molecule has 0 bridgehead atoms. The molecule has 0 spiro atoms. The molecule has 6 nitrogen and oxygen atoms in total. The van der Waals surface area contributed by atoms with E-state index in [4.69, 9.17) is 27.9 Å². The Hall–Kier alpha value is -3.22. The summed E-state index contributed by atoms with van der Waals surface area (Å²) in [5.74, 6) is -0.0713. The number of halogens is 2. The van der Waals surface area contributed by atoms with Crippen molar-refractivity contribution >= 4 is 46.4 Å². The van der Waals surface area contributed by atoms with Gasteiger partial charge in [0, 0.05) is 34.3 Å². The average Bonchev–Trinajstić information content (AvgIpc) is 3.20. The van der Waals surface area contributed by atoms with Gasteiger partial charge in [0.25, 0.3) is 0 Å². The molecule has 8 heteroatoms. The van der Waals surface area contributed by atoms with E-state index in [2.05, 4.69) is 10.9 Å². The van der Waals surface area contributed by atoms with Crippen LogP contribution in [0.25, 0.3) is 0 Å². The third-order valence-electron chi connectivity index (χ3n) is 5.47. The largest absolute Gasteiger partial charge is 0.489 e. The Kier molecular flexibility index (Phi) is 7.06. The Labute approximate surface area is 202 Å². The highest BCUT2D eigenvalue weighted by atomic mass is 35.5. The Morgan fingerprint density at radius 1 is 1.03 bits per heavy atom. The Balaban J connectivity index is 1.28. The van der Waals surface area contributed by atoms with Crippen molar-refractivity contribution in [2.45, 2.75) is 20.0 Å². The van der Waals surface area contributed by atoms with E-state index in [9.17, 15) is 9.59 Å². The molecule has 1 fully saturated rings. The van der Waals surface area contributed by atoms with E-state index >= 15 is 0 Å². The predicted octanol–water partition coefficient (Wildman–Crippen LogP) is 5.38. The average molecular weight is 484 g/mol. The highest BCUT2D eigenvalue weighted by Gasteiger charge is 2.35. The number of hydrazine groups is 1. The van der Waals surface area contributed by atoms with Crippen LogP contribution in [-0.4, -0.2) is 18.4 Å². The van der Waals surface area contributed by atoms with Gasteiger partial charge in [0.15, 0.2) is 0 Å². The standard InChI is InChI=1S/C25H23Cl2N3O3/c1-16-5-9-19(10-6-16)30-14-17(13-24(30)31)25(32)29-28-18-7-11-20(12-8-18)33-15-21-22(26)3-2-4-23(21)27/h2-12,17,28H,13-15H2,1H3,(H,29,32)/t17-/m1/s1. The van der Waals surface area contributed by atoms with Crippen LogP contribution in [0.15, 0.2) is 66.7 Å². The summed E-state index contributed by atoms with van der Waals surface area (Å²) < 4.78 is 5.76. The lowest BCUT2D eigenvalue weighted by molar-refractivity contribution is -0.125. The van der Waals surface area contributed by atoms with Crippen molar-refractivity contribution in [3.05, 3.63) is 87.9 Å². The monoisotopic (exact) mass is 483 g/mol. The van der Waals surface area contributed by atoms with Crippen LogP contribution in [0.4, 0.5) is 11.4 Å². The fourth-order valence-corrected chi connectivity index (χ4v) is 4.06. The lowest BCUT2D eigenvalue weighted by Crippen LogP contribution is -2.36. The molecule has 2 amide bonds. The number of carbonyl (C=O) groups excluding carboxylic acids is 2. The highest BCUT2D eigenvalue weighted by Crippen LogP contribution is 2.27. The number of hydrogen-bond acceptors (Lipinski definition) is 4. The van der Waals surface area contributed by atoms with Gasteiger partial charge in [-0.15, -0.1) is 0 Å². The van der Waals surface area contributed by atoms with Crippen molar-refractivity contribution in [3.8, 4) is 5.75 Å². The van der Waals surface area contributed by atoms with Crippen molar-refractivity contribution < 1.29 is 14.3 Å². The summed E-state index contributed by atoms with van der Waals surface area (Å²) in [4.78, 5) is 26.6. The summed E-state index contributed by atoms with van der Waals surface area (Å²) in [5, 5.41) is 1.10. The van der Waals surface area contributed by atoms with Gasteiger partial charge in [-0.1, -0.05) is 47.0 Å². The zero-order chi connectivity index (χ0) is 23.4. The number of anilines is 2. The number of rotatable bonds is 7. The zero-order valence-electron chi connectivity index (χ0n) is 18.0. The molecule has 4 rings (SSSR count). The van der Waals surface area contributed by atoms with Gasteiger partial charge in [-0.3, -0.25) is 20.4 Å². The van der Waals surface area contributed by atoms with Gasteiger partial charge in [-0.2, -0.15) is 0 Å². The minimum Gasteiger partial charge on any atom is -0.489 e. The molecule has 0 aliphatic carbocycles. The topological polar surface area (TPSA) is 70.7 Å². The fourth-order valence-electron chi connectivity index (χ4n) is 3.55. The molecular formula is C25H23Cl2N3O3. The minimum atomic E-state index is -0.422. The molecule has 1 aliphatic rings. The second kappa shape index (κ2) is 10.1. The van der Waals surface area contributed by atoms with Gasteiger partial charge in [-0.25, -0.2) is 0 Å². The third-order valence-corrected chi connectivity index (χ3v) is 6.18. The first-order chi connectivity index (χ1) is 15.9. The fraction of sp³-hybridized carbons (Fsp3) is 0.200. The van der Waals surface area contributed by atoms with Crippen LogP contribution in [0.1, 0.15) is 17.5 Å². The van der Waals surface area contributed by atoms with Crippen LogP contribution in [0, 0.1) is 12.8 Å². The maximum absolute atomic E-state index is 12.6. The Bertz CT molecular complexity index is 1130. The van der Waals surface area contributed by atoms with E-state index in [1.165, 1.54) is 0 Å². The van der Waals surface area contributed by atoms with Gasteiger partial charge in [0.2, 0.25) is 11.8 Å². The molecule has 3 aromatic carbocycles. The number of aryl methyl sites for hydroxylation is 1. The lowest BCUT2D eigenvalue weighted by Gasteiger charge is -2.17. The number of hydrogen-bond donors (Lipinski definition) is 2. The molecular weight excluding hydrogens is 461 g/mol. The molecule has 1 saturated heterocycles. The number of ether oxygens (including phenoxy) is 1. The molecule has 170 valence electrons. The summed E-state index contributed by atoms with van der Waals surface area (Å²) >= 11 is 12.3. The van der Waals surface area contributed by atoms with Crippen molar-refractivity contribution in [3.63, 3.8) is 0 Å². The molecule has 1 heterocycles. The molecule has 33 heavy (non-hydrogen) atoms. The number of nitrogens with zero attached hydrogens (tertiary/aromatic N) is 1. The number of amides is 2. The minimum absolute atomic E-state index is 0.0564. The maximum Gasteiger partial charge on any atom is 0.243 e. The van der Waals surface area contributed by atoms with Gasteiger partial charge < -0.3 is 9.64 Å². The normalized spacial score (nSPS) is 15.4. The van der Waals surface area contributed by atoms with E-state index in [0.717, 1.165) is 16.8 Å². The van der Waals surface area contributed by atoms with Crippen molar-refractivity contribution in [2.75, 3.05) is 16.9 Å². The van der Waals surface area contributed by atoms with Crippen LogP contribution >= 0.6 is 23.2 Å². The summed E-state index contributed by atoms with van der Waals surface area (Å²) in [6.07, 6.45) is 0.179. The van der Waals surface area contributed by atoms with Crippen LogP contribution < -0.4 is 20.5 Å². The van der Waals surface area contributed by atoms with Gasteiger partial charge >= 0.3 is 0 Å². The van der Waals surface area contributed by atoms with Crippen LogP contribution in [0.3, 0.4) is 0 Å². The summed E-state index contributed by atoms with van der Waals surface area (Å²) in [6, 6.07) is 20.1. The van der Waals surface area contributed by atoms with Crippen LogP contribution in [0.5, 0.6) is 5.75 Å². The summed E-state index contributed by atoms with van der Waals surface area (Å²) in [5.41, 5.74) is 8.92. The smallest absolute Gasteiger partial charge is 0.243 e. The first kappa shape index (κ1) is 23.0. The summed E-state index contributed by atoms with van der Waals surface area (Å²) in [6.45, 7) is 2.59. The molecule has 0 saturated carbocycles. The van der Waals surface area contributed by atoms with E-state index in [1.54, 1.807) is 47.4 Å². The second-order valence-corrected chi connectivity index (χ2v) is 8.68. The van der Waals surface area contributed by atoms with Crippen molar-refractivity contribution in [2.24, 2.45) is 5.92 Å². The second-order valence-electron chi connectivity index (χ2n) is 7.87. The molecule has 2 N–H and O–H groups in total. The van der Waals surface area contributed by atoms with E-state index in [-0.39, 0.29) is 24.8 Å². The zero-order valence-corrected chi connectivity index (χ0v) is 19.5. The molecule has 3 aromatic rings. The molecule has 0 radical (unpaired) electrons. The van der Waals surface area contributed by atoms with Crippen LogP contribution in [-0.2, 0) is 16.2 Å². The molecule has 1 atom stereocenters. The molecule has 0 unspecified atom stereocenters. The van der Waals surface area contributed by atoms with Crippen LogP contribution in [0.2, 0.25) is 10.0 Å². The maximum atomic E-state index is 12.6. The number of carbonyl (C=O) groups is 2. The number of benzene rings is 3. The number of nitrogens with one attached hydrogen (secondary N) is 2. The summed E-state index contributed by atoms with van der Waals surface area (Å²) in [7, 11) is 0. The van der Waals surface area contributed by atoms with Crippen molar-refractivity contribution in [1.82, 2.24) is 5.43 Å². The van der Waals surface area contributed by atoms with E-state index < -0.39 is 5.92 Å². The van der Waals surface area contributed by atoms with Crippen molar-refractivity contribution in [1.29, 1.82) is 0 Å². The van der Waals surface area contributed by atoms with Gasteiger partial charge in [-0.05, 0) is 55.5 Å². The first-order valence-corrected chi connectivity index (χ1v) is 11.2. The third kappa shape index (κ3) is 5.59. The molecule has 1 aliphatic heterocycles. The lowest BCUT2D eigenvalue weighted by atomic mass is 10.1. The highest BCUT2D eigenvalue weighted by molar-refractivity contribution is 6.35. The predicted molar refractivity (Wildman–Crippen MR) is 131 cm³/mol. The first-order valence-electron chi connectivity index (χ1n) is 10.5. The van der Waals surface area contributed by atoms with Gasteiger partial charge in [0.05, 0.1) is 11.6 Å².